The van der Waals surface area contributed by atoms with Gasteiger partial charge in [-0.15, -0.1) is 0 Å². The number of nitrogens with one attached hydrogen (secondary N) is 1. The van der Waals surface area contributed by atoms with E-state index in [-0.39, 0.29) is 0 Å². The summed E-state index contributed by atoms with van der Waals surface area (Å²) in [7, 11) is 1.60. The molecule has 0 bridgehead atoms. The van der Waals surface area contributed by atoms with E-state index in [2.05, 4.69) is 15.3 Å². The van der Waals surface area contributed by atoms with E-state index in [0.717, 1.165) is 0 Å². The average Bonchev–Trinajstić information content (AvgIpc) is 2.40. The van der Waals surface area contributed by atoms with Gasteiger partial charge in [0.15, 0.2) is 5.16 Å². The summed E-state index contributed by atoms with van der Waals surface area (Å²) in [6, 6.07) is 6.99. The van der Waals surface area contributed by atoms with Crippen LogP contribution in [-0.2, 0) is 0 Å². The minimum atomic E-state index is 0.378. The lowest BCUT2D eigenvalue weighted by Gasteiger charge is -2.11. The molecule has 7 heteroatoms. The maximum Gasteiger partial charge on any atom is 0.190 e. The summed E-state index contributed by atoms with van der Waals surface area (Å²) in [5.74, 6) is 1.30. The molecule has 0 saturated carbocycles. The summed E-state index contributed by atoms with van der Waals surface area (Å²) in [5.41, 5.74) is 7.21. The van der Waals surface area contributed by atoms with E-state index < -0.39 is 0 Å². The van der Waals surface area contributed by atoms with E-state index in [1.54, 1.807) is 31.4 Å². The molecule has 1 aromatic heterocycles. The first kappa shape index (κ1) is 13.8. The number of anilines is 3. The molecule has 5 nitrogen and oxygen atoms in total. The fraction of sp³-hybridized carbons (Fsp3) is 0.167. The molecular weight excluding hydrogens is 284 g/mol. The first-order valence-corrected chi connectivity index (χ1v) is 7.01. The Balaban J connectivity index is 2.32. The molecule has 0 spiro atoms. The molecule has 0 saturated heterocycles. The maximum atomic E-state index is 5.93. The molecule has 0 amide bonds. The molecule has 0 fully saturated rings. The molecule has 3 N–H and O–H groups in total. The van der Waals surface area contributed by atoms with Gasteiger partial charge in [-0.2, -0.15) is 0 Å². The molecule has 0 aliphatic heterocycles. The van der Waals surface area contributed by atoms with Crippen molar-refractivity contribution in [3.8, 4) is 5.75 Å². The number of aromatic nitrogens is 2. The van der Waals surface area contributed by atoms with E-state index in [4.69, 9.17) is 22.1 Å². The van der Waals surface area contributed by atoms with Crippen molar-refractivity contribution < 1.29 is 4.74 Å². The van der Waals surface area contributed by atoms with Gasteiger partial charge in [-0.25, -0.2) is 9.97 Å². The summed E-state index contributed by atoms with van der Waals surface area (Å²) in [6.45, 7) is 0. The zero-order valence-corrected chi connectivity index (χ0v) is 12.0. The Bertz CT molecular complexity index is 594. The Morgan fingerprint density at radius 1 is 1.32 bits per heavy atom. The lowest BCUT2D eigenvalue weighted by atomic mass is 10.2. The van der Waals surface area contributed by atoms with Crippen molar-refractivity contribution in [2.24, 2.45) is 0 Å². The van der Waals surface area contributed by atoms with Crippen molar-refractivity contribution >= 4 is 40.6 Å². The van der Waals surface area contributed by atoms with Gasteiger partial charge in [-0.3, -0.25) is 0 Å². The Labute approximate surface area is 120 Å². The van der Waals surface area contributed by atoms with Gasteiger partial charge < -0.3 is 15.8 Å². The van der Waals surface area contributed by atoms with E-state index in [1.165, 1.54) is 11.8 Å². The van der Waals surface area contributed by atoms with Crippen LogP contribution in [0.15, 0.2) is 29.4 Å². The smallest absolute Gasteiger partial charge is 0.190 e. The summed E-state index contributed by atoms with van der Waals surface area (Å²) in [5, 5.41) is 4.08. The number of halogens is 1. The second-order valence-electron chi connectivity index (χ2n) is 3.64. The lowest BCUT2D eigenvalue weighted by Crippen LogP contribution is -2.00. The number of hydrogen-bond acceptors (Lipinski definition) is 6. The van der Waals surface area contributed by atoms with Crippen molar-refractivity contribution in [1.82, 2.24) is 9.97 Å². The first-order valence-electron chi connectivity index (χ1n) is 5.41. The maximum absolute atomic E-state index is 5.93. The van der Waals surface area contributed by atoms with Gasteiger partial charge in [0, 0.05) is 12.1 Å². The van der Waals surface area contributed by atoms with Crippen molar-refractivity contribution in [3.63, 3.8) is 0 Å². The number of nitrogens with zero attached hydrogens (tertiary/aromatic N) is 2. The Kier molecular flexibility index (Phi) is 4.34. The molecule has 0 unspecified atom stereocenters. The Morgan fingerprint density at radius 3 is 2.79 bits per heavy atom. The zero-order chi connectivity index (χ0) is 13.8. The highest BCUT2D eigenvalue weighted by Crippen LogP contribution is 2.28. The minimum Gasteiger partial charge on any atom is -0.497 e. The summed E-state index contributed by atoms with van der Waals surface area (Å²) < 4.78 is 5.16. The lowest BCUT2D eigenvalue weighted by molar-refractivity contribution is 0.415. The van der Waals surface area contributed by atoms with Gasteiger partial charge in [0.1, 0.15) is 16.7 Å². The molecule has 100 valence electrons. The standard InChI is InChI=1S/C12H13ClN4OS/c1-18-7-3-4-8(14)9(5-7)15-11-6-10(13)16-12(17-11)19-2/h3-6H,14H2,1-2H3,(H,15,16,17). The van der Waals surface area contributed by atoms with E-state index >= 15 is 0 Å². The normalized spacial score (nSPS) is 10.3. The van der Waals surface area contributed by atoms with Gasteiger partial charge in [0.25, 0.3) is 0 Å². The number of rotatable bonds is 4. The van der Waals surface area contributed by atoms with Crippen LogP contribution in [0.5, 0.6) is 5.75 Å². The third-order valence-corrected chi connectivity index (χ3v) is 3.12. The van der Waals surface area contributed by atoms with Crippen molar-refractivity contribution in [2.75, 3.05) is 24.4 Å². The highest BCUT2D eigenvalue weighted by molar-refractivity contribution is 7.98. The molecule has 19 heavy (non-hydrogen) atoms. The monoisotopic (exact) mass is 296 g/mol. The Hall–Kier alpha value is -1.66. The second kappa shape index (κ2) is 5.99. The third-order valence-electron chi connectivity index (χ3n) is 2.38. The predicted molar refractivity (Wildman–Crippen MR) is 79.5 cm³/mol. The fourth-order valence-electron chi connectivity index (χ4n) is 1.46. The van der Waals surface area contributed by atoms with Gasteiger partial charge in [-0.1, -0.05) is 23.4 Å². The van der Waals surface area contributed by atoms with Gasteiger partial charge in [0.05, 0.1) is 18.5 Å². The number of hydrogen-bond donors (Lipinski definition) is 2. The van der Waals surface area contributed by atoms with Crippen LogP contribution in [0.2, 0.25) is 5.15 Å². The van der Waals surface area contributed by atoms with Crippen LogP contribution in [-0.4, -0.2) is 23.3 Å². The van der Waals surface area contributed by atoms with Crippen LogP contribution in [0, 0.1) is 0 Å². The second-order valence-corrected chi connectivity index (χ2v) is 4.80. The van der Waals surface area contributed by atoms with E-state index in [0.29, 0.717) is 33.3 Å². The Morgan fingerprint density at radius 2 is 2.11 bits per heavy atom. The minimum absolute atomic E-state index is 0.378. The number of ether oxygens (including phenoxy) is 1. The van der Waals surface area contributed by atoms with Crippen LogP contribution >= 0.6 is 23.4 Å². The molecule has 0 aliphatic carbocycles. The molecule has 0 radical (unpaired) electrons. The van der Waals surface area contributed by atoms with Crippen LogP contribution < -0.4 is 15.8 Å². The van der Waals surface area contributed by atoms with Gasteiger partial charge in [-0.05, 0) is 18.4 Å². The van der Waals surface area contributed by atoms with Crippen LogP contribution in [0.1, 0.15) is 0 Å². The van der Waals surface area contributed by atoms with Crippen molar-refractivity contribution in [2.45, 2.75) is 5.16 Å². The number of thioether (sulfide) groups is 1. The van der Waals surface area contributed by atoms with Crippen LogP contribution in [0.3, 0.4) is 0 Å². The number of benzene rings is 1. The number of nitrogens with two attached hydrogens (primary N) is 1. The third kappa shape index (κ3) is 3.42. The summed E-state index contributed by atoms with van der Waals surface area (Å²) in [4.78, 5) is 8.38. The SMILES string of the molecule is COc1ccc(N)c(Nc2cc(Cl)nc(SC)n2)c1. The summed E-state index contributed by atoms with van der Waals surface area (Å²) in [6.07, 6.45) is 1.88. The molecule has 1 aromatic carbocycles. The quantitative estimate of drug-likeness (QED) is 0.391. The number of nitrogen functional groups attached to an aromatic ring is 1. The average molecular weight is 297 g/mol. The van der Waals surface area contributed by atoms with E-state index in [9.17, 15) is 0 Å². The number of methoxy groups -OCH3 is 1. The highest BCUT2D eigenvalue weighted by atomic mass is 35.5. The van der Waals surface area contributed by atoms with Crippen LogP contribution in [0.4, 0.5) is 17.2 Å². The van der Waals surface area contributed by atoms with Gasteiger partial charge in [0.2, 0.25) is 0 Å². The van der Waals surface area contributed by atoms with Crippen molar-refractivity contribution in [3.05, 3.63) is 29.4 Å². The van der Waals surface area contributed by atoms with Crippen molar-refractivity contribution in [1.29, 1.82) is 0 Å². The van der Waals surface area contributed by atoms with Crippen LogP contribution in [0.25, 0.3) is 0 Å². The molecular formula is C12H13ClN4OS. The molecule has 0 atom stereocenters. The zero-order valence-electron chi connectivity index (χ0n) is 10.5. The van der Waals surface area contributed by atoms with E-state index in [1.807, 2.05) is 6.26 Å². The molecule has 1 heterocycles. The topological polar surface area (TPSA) is 73.1 Å². The highest BCUT2D eigenvalue weighted by Gasteiger charge is 2.06. The first-order chi connectivity index (χ1) is 9.12. The molecule has 2 aromatic rings. The molecule has 2 rings (SSSR count). The molecule has 0 aliphatic rings. The summed E-state index contributed by atoms with van der Waals surface area (Å²) >= 11 is 7.35. The van der Waals surface area contributed by atoms with Gasteiger partial charge >= 0.3 is 0 Å². The largest absolute Gasteiger partial charge is 0.497 e. The predicted octanol–water partition coefficient (Wildman–Crippen LogP) is 3.19. The fourth-order valence-corrected chi connectivity index (χ4v) is 2.07.